The molecule has 1 aliphatic rings. The first-order valence-electron chi connectivity index (χ1n) is 9.78. The molecule has 1 unspecified atom stereocenters. The highest BCUT2D eigenvalue weighted by atomic mass is 19.1. The maximum atomic E-state index is 13.0. The number of hydrogen-bond acceptors (Lipinski definition) is 3. The molecule has 1 aliphatic heterocycles. The van der Waals surface area contributed by atoms with Gasteiger partial charge in [0.15, 0.2) is 5.96 Å². The van der Waals surface area contributed by atoms with Crippen molar-refractivity contribution in [3.63, 3.8) is 0 Å². The van der Waals surface area contributed by atoms with Gasteiger partial charge in [0, 0.05) is 46.4 Å². The van der Waals surface area contributed by atoms with Gasteiger partial charge in [0.1, 0.15) is 5.82 Å². The second-order valence-electron chi connectivity index (χ2n) is 8.36. The summed E-state index contributed by atoms with van der Waals surface area (Å²) in [6.45, 7) is 10.2. The molecule has 0 amide bonds. The third-order valence-electron chi connectivity index (χ3n) is 5.18. The van der Waals surface area contributed by atoms with E-state index in [0.29, 0.717) is 6.04 Å². The van der Waals surface area contributed by atoms with Crippen molar-refractivity contribution in [2.45, 2.75) is 52.3 Å². The lowest BCUT2D eigenvalue weighted by Crippen LogP contribution is -2.51. The summed E-state index contributed by atoms with van der Waals surface area (Å²) in [6, 6.07) is 7.21. The lowest BCUT2D eigenvalue weighted by atomic mass is 9.89. The highest BCUT2D eigenvalue weighted by Crippen LogP contribution is 2.21. The van der Waals surface area contributed by atoms with Crippen LogP contribution in [0.1, 0.15) is 39.2 Å². The fraction of sp³-hybridized carbons (Fsp3) is 0.667. The Bertz CT molecular complexity index is 589. The van der Waals surface area contributed by atoms with E-state index < -0.39 is 0 Å². The normalized spacial score (nSPS) is 18.4. The Morgan fingerprint density at radius 3 is 2.41 bits per heavy atom. The number of aliphatic imine (C=N–C) groups is 1. The van der Waals surface area contributed by atoms with Crippen LogP contribution >= 0.6 is 0 Å². The zero-order valence-electron chi connectivity index (χ0n) is 17.4. The van der Waals surface area contributed by atoms with E-state index in [1.165, 1.54) is 12.1 Å². The summed E-state index contributed by atoms with van der Waals surface area (Å²) in [5, 5.41) is 6.93. The van der Waals surface area contributed by atoms with Crippen molar-refractivity contribution in [1.29, 1.82) is 0 Å². The predicted molar refractivity (Wildman–Crippen MR) is 109 cm³/mol. The zero-order chi connectivity index (χ0) is 19.9. The molecule has 5 nitrogen and oxygen atoms in total. The van der Waals surface area contributed by atoms with Crippen LogP contribution in [0.3, 0.4) is 0 Å². The molecule has 2 N–H and O–H groups in total. The van der Waals surface area contributed by atoms with Crippen molar-refractivity contribution >= 4 is 5.96 Å². The number of ether oxygens (including phenoxy) is 1. The highest BCUT2D eigenvalue weighted by molar-refractivity contribution is 5.80. The maximum absolute atomic E-state index is 13.0. The molecule has 1 heterocycles. The Labute approximate surface area is 163 Å². The average Bonchev–Trinajstić information content (AvgIpc) is 2.63. The SMILES string of the molecule is CN=C(NCC(OC)C(C)(C)C)NC1CCN(Cc2ccc(F)cc2)CC1. The molecular weight excluding hydrogens is 343 g/mol. The molecule has 0 spiro atoms. The van der Waals surface area contributed by atoms with Crippen LogP contribution < -0.4 is 10.6 Å². The Balaban J connectivity index is 1.75. The van der Waals surface area contributed by atoms with Gasteiger partial charge in [-0.25, -0.2) is 4.39 Å². The molecule has 152 valence electrons. The van der Waals surface area contributed by atoms with Crippen molar-refractivity contribution in [1.82, 2.24) is 15.5 Å². The lowest BCUT2D eigenvalue weighted by molar-refractivity contribution is 0.0204. The van der Waals surface area contributed by atoms with Gasteiger partial charge in [-0.05, 0) is 36.0 Å². The number of nitrogens with zero attached hydrogens (tertiary/aromatic N) is 2. The second-order valence-corrected chi connectivity index (χ2v) is 8.36. The lowest BCUT2D eigenvalue weighted by Gasteiger charge is -2.34. The van der Waals surface area contributed by atoms with Crippen LogP contribution in [0.4, 0.5) is 4.39 Å². The third kappa shape index (κ3) is 7.11. The van der Waals surface area contributed by atoms with Crippen molar-refractivity contribution in [2.75, 3.05) is 33.8 Å². The van der Waals surface area contributed by atoms with E-state index >= 15 is 0 Å². The van der Waals surface area contributed by atoms with Gasteiger partial charge in [0.2, 0.25) is 0 Å². The minimum atomic E-state index is -0.178. The Morgan fingerprint density at radius 1 is 1.26 bits per heavy atom. The van der Waals surface area contributed by atoms with Gasteiger partial charge in [-0.15, -0.1) is 0 Å². The first kappa shape index (κ1) is 21.6. The molecule has 0 aromatic heterocycles. The minimum Gasteiger partial charge on any atom is -0.379 e. The molecule has 1 fully saturated rings. The molecule has 0 aliphatic carbocycles. The number of hydrogen-bond donors (Lipinski definition) is 2. The first-order valence-corrected chi connectivity index (χ1v) is 9.78. The standard InChI is InChI=1S/C21H35FN4O/c1-21(2,3)19(27-5)14-24-20(23-4)25-18-10-12-26(13-11-18)15-16-6-8-17(22)9-7-16/h6-9,18-19H,10-15H2,1-5H3,(H2,23,24,25). The molecular formula is C21H35FN4O. The number of likely N-dealkylation sites (tertiary alicyclic amines) is 1. The second kappa shape index (κ2) is 10.0. The van der Waals surface area contributed by atoms with E-state index in [1.54, 1.807) is 14.2 Å². The van der Waals surface area contributed by atoms with E-state index in [4.69, 9.17) is 4.74 Å². The van der Waals surface area contributed by atoms with Gasteiger partial charge >= 0.3 is 0 Å². The summed E-state index contributed by atoms with van der Waals surface area (Å²) in [6.07, 6.45) is 2.25. The fourth-order valence-electron chi connectivity index (χ4n) is 3.40. The summed E-state index contributed by atoms with van der Waals surface area (Å²) in [4.78, 5) is 6.77. The largest absolute Gasteiger partial charge is 0.379 e. The summed E-state index contributed by atoms with van der Waals surface area (Å²) in [5.41, 5.74) is 1.24. The van der Waals surface area contributed by atoms with Crippen LogP contribution in [0, 0.1) is 11.2 Å². The Hall–Kier alpha value is -1.66. The zero-order valence-corrected chi connectivity index (χ0v) is 17.4. The van der Waals surface area contributed by atoms with Crippen LogP contribution in [0.15, 0.2) is 29.3 Å². The van der Waals surface area contributed by atoms with Crippen molar-refractivity contribution in [3.05, 3.63) is 35.6 Å². The van der Waals surface area contributed by atoms with Crippen LogP contribution in [0.5, 0.6) is 0 Å². The number of guanidine groups is 1. The van der Waals surface area contributed by atoms with E-state index in [9.17, 15) is 4.39 Å². The molecule has 0 radical (unpaired) electrons. The van der Waals surface area contributed by atoms with Crippen molar-refractivity contribution in [2.24, 2.45) is 10.4 Å². The van der Waals surface area contributed by atoms with E-state index in [-0.39, 0.29) is 17.3 Å². The van der Waals surface area contributed by atoms with Crippen molar-refractivity contribution in [3.8, 4) is 0 Å². The number of halogens is 1. The summed E-state index contributed by atoms with van der Waals surface area (Å²) < 4.78 is 18.6. The summed E-state index contributed by atoms with van der Waals surface area (Å²) in [7, 11) is 3.56. The first-order chi connectivity index (χ1) is 12.8. The molecule has 0 bridgehead atoms. The number of piperidine rings is 1. The monoisotopic (exact) mass is 378 g/mol. The fourth-order valence-corrected chi connectivity index (χ4v) is 3.40. The van der Waals surface area contributed by atoms with Crippen LogP contribution in [0.2, 0.25) is 0 Å². The Morgan fingerprint density at radius 2 is 1.89 bits per heavy atom. The molecule has 2 rings (SSSR count). The quantitative estimate of drug-likeness (QED) is 0.590. The molecule has 1 aromatic carbocycles. The number of benzene rings is 1. The summed E-state index contributed by atoms with van der Waals surface area (Å²) >= 11 is 0. The van der Waals surface area contributed by atoms with Crippen LogP contribution in [0.25, 0.3) is 0 Å². The smallest absolute Gasteiger partial charge is 0.191 e. The number of rotatable bonds is 6. The van der Waals surface area contributed by atoms with Gasteiger partial charge in [-0.1, -0.05) is 32.9 Å². The summed E-state index contributed by atoms with van der Waals surface area (Å²) in [5.74, 6) is 0.654. The minimum absolute atomic E-state index is 0.0757. The van der Waals surface area contributed by atoms with Crippen molar-refractivity contribution < 1.29 is 9.13 Å². The van der Waals surface area contributed by atoms with Crippen LogP contribution in [-0.2, 0) is 11.3 Å². The topological polar surface area (TPSA) is 48.9 Å². The van der Waals surface area contributed by atoms with E-state index in [0.717, 1.165) is 50.5 Å². The van der Waals surface area contributed by atoms with Gasteiger partial charge < -0.3 is 15.4 Å². The number of methoxy groups -OCH3 is 1. The van der Waals surface area contributed by atoms with Gasteiger partial charge in [0.25, 0.3) is 0 Å². The maximum Gasteiger partial charge on any atom is 0.191 e. The van der Waals surface area contributed by atoms with E-state index in [2.05, 4.69) is 41.3 Å². The molecule has 0 saturated carbocycles. The Kier molecular flexibility index (Phi) is 8.05. The predicted octanol–water partition coefficient (Wildman–Crippen LogP) is 3.02. The van der Waals surface area contributed by atoms with Gasteiger partial charge in [0.05, 0.1) is 6.10 Å². The molecule has 27 heavy (non-hydrogen) atoms. The average molecular weight is 379 g/mol. The van der Waals surface area contributed by atoms with E-state index in [1.807, 2.05) is 12.1 Å². The highest BCUT2D eigenvalue weighted by Gasteiger charge is 2.25. The van der Waals surface area contributed by atoms with Gasteiger partial charge in [-0.3, -0.25) is 9.89 Å². The molecule has 1 saturated heterocycles. The molecule has 6 heteroatoms. The third-order valence-corrected chi connectivity index (χ3v) is 5.18. The van der Waals surface area contributed by atoms with Gasteiger partial charge in [-0.2, -0.15) is 0 Å². The van der Waals surface area contributed by atoms with Crippen LogP contribution in [-0.4, -0.2) is 56.8 Å². The molecule has 1 aromatic rings. The number of nitrogens with one attached hydrogen (secondary N) is 2. The molecule has 1 atom stereocenters.